The molecule has 154 valence electrons. The third-order valence-electron chi connectivity index (χ3n) is 5.63. The van der Waals surface area contributed by atoms with Crippen LogP contribution in [0.3, 0.4) is 0 Å². The lowest BCUT2D eigenvalue weighted by atomic mass is 10.1. The van der Waals surface area contributed by atoms with Crippen molar-refractivity contribution in [2.75, 3.05) is 25.5 Å². The maximum Gasteiger partial charge on any atom is 0.273 e. The first-order valence-corrected chi connectivity index (χ1v) is 10.3. The highest BCUT2D eigenvalue weighted by Gasteiger charge is 2.29. The summed E-state index contributed by atoms with van der Waals surface area (Å²) in [6.07, 6.45) is 4.33. The van der Waals surface area contributed by atoms with E-state index in [1.165, 1.54) is 0 Å². The molecule has 1 saturated heterocycles. The van der Waals surface area contributed by atoms with E-state index in [2.05, 4.69) is 30.8 Å². The second-order valence-corrected chi connectivity index (χ2v) is 7.80. The molecule has 5 rings (SSSR count). The van der Waals surface area contributed by atoms with Crippen molar-refractivity contribution in [3.8, 4) is 0 Å². The number of nitrogens with zero attached hydrogens (tertiary/aromatic N) is 4. The molecule has 2 amide bonds. The summed E-state index contributed by atoms with van der Waals surface area (Å²) in [5.41, 5.74) is 3.21. The van der Waals surface area contributed by atoms with Crippen LogP contribution >= 0.6 is 0 Å². The number of benzene rings is 1. The maximum atomic E-state index is 12.6. The molecular formula is C21H23N7O2. The molecule has 1 aromatic carbocycles. The molecule has 9 nitrogen and oxygen atoms in total. The molecule has 1 aliphatic heterocycles. The predicted octanol–water partition coefficient (Wildman–Crippen LogP) is 2.57. The molecule has 0 unspecified atom stereocenters. The lowest BCUT2D eigenvalue weighted by Gasteiger charge is -2.15. The maximum absolute atomic E-state index is 12.6. The summed E-state index contributed by atoms with van der Waals surface area (Å²) in [6, 6.07) is 7.26. The Morgan fingerprint density at radius 3 is 2.50 bits per heavy atom. The van der Waals surface area contributed by atoms with Crippen LogP contribution in [0.15, 0.2) is 24.3 Å². The summed E-state index contributed by atoms with van der Waals surface area (Å²) in [5.74, 6) is 1.01. The van der Waals surface area contributed by atoms with Crippen molar-refractivity contribution in [3.63, 3.8) is 0 Å². The minimum Gasteiger partial charge on any atom is -0.354 e. The molecule has 9 heteroatoms. The largest absolute Gasteiger partial charge is 0.354 e. The zero-order valence-corrected chi connectivity index (χ0v) is 16.7. The van der Waals surface area contributed by atoms with Crippen molar-refractivity contribution in [2.24, 2.45) is 0 Å². The molecule has 2 aliphatic rings. The molecule has 0 spiro atoms. The minimum atomic E-state index is -0.344. The molecule has 0 atom stereocenters. The number of likely N-dealkylation sites (tertiary alicyclic amines) is 1. The van der Waals surface area contributed by atoms with Crippen LogP contribution in [0.2, 0.25) is 0 Å². The molecule has 0 bridgehead atoms. The first kappa shape index (κ1) is 18.5. The van der Waals surface area contributed by atoms with Gasteiger partial charge >= 0.3 is 0 Å². The Bertz CT molecular complexity index is 1110. The zero-order valence-electron chi connectivity index (χ0n) is 16.7. The monoisotopic (exact) mass is 405 g/mol. The van der Waals surface area contributed by atoms with Gasteiger partial charge in [0.1, 0.15) is 17.0 Å². The molecular weight excluding hydrogens is 382 g/mol. The first-order valence-electron chi connectivity index (χ1n) is 10.3. The van der Waals surface area contributed by atoms with Crippen molar-refractivity contribution in [1.82, 2.24) is 30.4 Å². The fourth-order valence-corrected chi connectivity index (χ4v) is 3.78. The van der Waals surface area contributed by atoms with E-state index < -0.39 is 0 Å². The van der Waals surface area contributed by atoms with Crippen molar-refractivity contribution in [1.29, 1.82) is 0 Å². The number of nitrogens with one attached hydrogen (secondary N) is 3. The van der Waals surface area contributed by atoms with Crippen LogP contribution in [0.25, 0.3) is 11.2 Å². The van der Waals surface area contributed by atoms with Gasteiger partial charge in [0.15, 0.2) is 11.3 Å². The molecule has 2 aromatic heterocycles. The normalized spacial score (nSPS) is 16.1. The van der Waals surface area contributed by atoms with Gasteiger partial charge in [0.25, 0.3) is 11.8 Å². The zero-order chi connectivity index (χ0) is 20.7. The van der Waals surface area contributed by atoms with Crippen LogP contribution in [0, 0.1) is 0 Å². The lowest BCUT2D eigenvalue weighted by Crippen LogP contribution is -2.27. The third kappa shape index (κ3) is 3.36. The van der Waals surface area contributed by atoms with Gasteiger partial charge in [-0.1, -0.05) is 0 Å². The summed E-state index contributed by atoms with van der Waals surface area (Å²) in [7, 11) is 1.55. The number of aromatic amines is 1. The van der Waals surface area contributed by atoms with Crippen molar-refractivity contribution < 1.29 is 9.59 Å². The van der Waals surface area contributed by atoms with Crippen LogP contribution in [0.5, 0.6) is 0 Å². The van der Waals surface area contributed by atoms with Gasteiger partial charge in [-0.15, -0.1) is 10.2 Å². The van der Waals surface area contributed by atoms with Gasteiger partial charge in [-0.25, -0.2) is 4.98 Å². The summed E-state index contributed by atoms with van der Waals surface area (Å²) in [4.78, 5) is 34.7. The topological polar surface area (TPSA) is 116 Å². The van der Waals surface area contributed by atoms with Crippen molar-refractivity contribution in [3.05, 3.63) is 41.3 Å². The van der Waals surface area contributed by atoms with Crippen LogP contribution in [0.4, 0.5) is 11.4 Å². The Kier molecular flexibility index (Phi) is 4.57. The van der Waals surface area contributed by atoms with E-state index in [1.807, 2.05) is 17.0 Å². The Morgan fingerprint density at radius 1 is 1.10 bits per heavy atom. The highest BCUT2D eigenvalue weighted by atomic mass is 16.2. The number of hydrogen-bond donors (Lipinski definition) is 3. The minimum absolute atomic E-state index is 0.0550. The number of aromatic nitrogens is 4. The molecule has 3 aromatic rings. The van der Waals surface area contributed by atoms with Gasteiger partial charge in [-0.3, -0.25) is 9.59 Å². The number of amides is 2. The lowest BCUT2D eigenvalue weighted by molar-refractivity contribution is 0.0792. The molecule has 0 radical (unpaired) electrons. The second kappa shape index (κ2) is 7.40. The van der Waals surface area contributed by atoms with Crippen LogP contribution < -0.4 is 10.6 Å². The summed E-state index contributed by atoms with van der Waals surface area (Å²) in [6.45, 7) is 1.63. The molecule has 1 aliphatic carbocycles. The van der Waals surface area contributed by atoms with E-state index in [0.717, 1.165) is 50.3 Å². The highest BCUT2D eigenvalue weighted by Crippen LogP contribution is 2.40. The SMILES string of the molecule is CNC(=O)c1nnc2[nH]c(C3CC3)nc2c1Nc1ccc(C(=O)N2CCCC2)cc1. The van der Waals surface area contributed by atoms with Crippen LogP contribution in [0.1, 0.15) is 58.3 Å². The van der Waals surface area contributed by atoms with E-state index in [4.69, 9.17) is 0 Å². The Hall–Kier alpha value is -3.49. The van der Waals surface area contributed by atoms with Crippen molar-refractivity contribution >= 4 is 34.4 Å². The number of imidazole rings is 1. The molecule has 1 saturated carbocycles. The van der Waals surface area contributed by atoms with E-state index >= 15 is 0 Å². The Labute approximate surface area is 173 Å². The van der Waals surface area contributed by atoms with Gasteiger partial charge in [-0.05, 0) is 49.9 Å². The van der Waals surface area contributed by atoms with Crippen LogP contribution in [-0.4, -0.2) is 57.0 Å². The molecule has 3 heterocycles. The number of hydrogen-bond acceptors (Lipinski definition) is 6. The van der Waals surface area contributed by atoms with E-state index in [0.29, 0.717) is 28.3 Å². The van der Waals surface area contributed by atoms with E-state index in [-0.39, 0.29) is 17.5 Å². The van der Waals surface area contributed by atoms with Gasteiger partial charge in [0.2, 0.25) is 0 Å². The number of rotatable bonds is 5. The number of H-pyrrole nitrogens is 1. The Morgan fingerprint density at radius 2 is 1.83 bits per heavy atom. The molecule has 30 heavy (non-hydrogen) atoms. The molecule has 2 fully saturated rings. The average Bonchev–Trinajstić information content (AvgIpc) is 3.30. The number of carbonyl (C=O) groups is 2. The second-order valence-electron chi connectivity index (χ2n) is 7.80. The van der Waals surface area contributed by atoms with Gasteiger partial charge in [0.05, 0.1) is 0 Å². The van der Waals surface area contributed by atoms with Crippen molar-refractivity contribution in [2.45, 2.75) is 31.6 Å². The third-order valence-corrected chi connectivity index (χ3v) is 5.63. The number of fused-ring (bicyclic) bond motifs is 1. The predicted molar refractivity (Wildman–Crippen MR) is 112 cm³/mol. The van der Waals surface area contributed by atoms with E-state index in [9.17, 15) is 9.59 Å². The molecule has 3 N–H and O–H groups in total. The Balaban J connectivity index is 1.47. The van der Waals surface area contributed by atoms with Gasteiger partial charge < -0.3 is 20.5 Å². The number of carbonyl (C=O) groups excluding carboxylic acids is 2. The van der Waals surface area contributed by atoms with Gasteiger partial charge in [0, 0.05) is 37.3 Å². The summed E-state index contributed by atoms with van der Waals surface area (Å²) in [5, 5.41) is 14.1. The standard InChI is InChI=1S/C21H23N7O2/c1-22-20(29)17-15(16-19(27-26-17)25-18(24-16)12-4-5-12)23-14-8-6-13(7-9-14)21(30)28-10-2-3-11-28/h6-9,12H,2-5,10-11H2,1H3,(H,22,29)(H2,23,24,25,27). The first-order chi connectivity index (χ1) is 14.6. The number of anilines is 2. The fraction of sp³-hybridized carbons (Fsp3) is 0.381. The average molecular weight is 405 g/mol. The van der Waals surface area contributed by atoms with E-state index in [1.54, 1.807) is 19.2 Å². The summed E-state index contributed by atoms with van der Waals surface area (Å²) < 4.78 is 0. The fourth-order valence-electron chi connectivity index (χ4n) is 3.78. The summed E-state index contributed by atoms with van der Waals surface area (Å²) >= 11 is 0. The highest BCUT2D eigenvalue weighted by molar-refractivity contribution is 6.04. The quantitative estimate of drug-likeness (QED) is 0.601. The van der Waals surface area contributed by atoms with Gasteiger partial charge in [-0.2, -0.15) is 0 Å². The van der Waals surface area contributed by atoms with Crippen LogP contribution in [-0.2, 0) is 0 Å². The smallest absolute Gasteiger partial charge is 0.273 e.